The fraction of sp³-hybridized carbons (Fsp3) is 0.200. The Labute approximate surface area is 151 Å². The molecule has 11 heteroatoms. The maximum Gasteiger partial charge on any atom is 0.409 e. The molecule has 0 saturated carbocycles. The summed E-state index contributed by atoms with van der Waals surface area (Å²) in [6.45, 7) is 0. The molecule has 1 aromatic carbocycles. The zero-order chi connectivity index (χ0) is 19.1. The van der Waals surface area contributed by atoms with Crippen molar-refractivity contribution < 1.29 is 21.6 Å². The lowest BCUT2D eigenvalue weighted by atomic mass is 10.1. The molecule has 0 spiro atoms. The van der Waals surface area contributed by atoms with E-state index in [-0.39, 0.29) is 20.5 Å². The first kappa shape index (κ1) is 18.6. The standard InChI is InChI=1S/C15H12ClF3N4O2S/c1-22(14(15(17,18)19)10-2-4-11(16)5-3-10)26(24,25)13-9-23-7-6-20-8-12(23)21-13/h2-9,14H,1H3. The van der Waals surface area contributed by atoms with E-state index in [1.165, 1.54) is 35.1 Å². The average Bonchev–Trinajstić information content (AvgIpc) is 3.00. The van der Waals surface area contributed by atoms with Crippen LogP contribution in [0.3, 0.4) is 0 Å². The maximum atomic E-state index is 13.6. The largest absolute Gasteiger partial charge is 0.409 e. The number of aromatic nitrogens is 3. The number of nitrogens with zero attached hydrogens (tertiary/aromatic N) is 4. The van der Waals surface area contributed by atoms with Crippen molar-refractivity contribution in [3.8, 4) is 0 Å². The second-order valence-electron chi connectivity index (χ2n) is 5.44. The van der Waals surface area contributed by atoms with Crippen LogP contribution in [0.5, 0.6) is 0 Å². The fourth-order valence-electron chi connectivity index (χ4n) is 2.48. The van der Waals surface area contributed by atoms with Gasteiger partial charge >= 0.3 is 6.18 Å². The average molecular weight is 405 g/mol. The van der Waals surface area contributed by atoms with Crippen molar-refractivity contribution in [2.75, 3.05) is 7.05 Å². The van der Waals surface area contributed by atoms with Gasteiger partial charge in [-0.3, -0.25) is 4.98 Å². The SMILES string of the molecule is CN(C(c1ccc(Cl)cc1)C(F)(F)F)S(=O)(=O)c1cn2ccncc2n1. The Morgan fingerprint density at radius 3 is 2.46 bits per heavy atom. The van der Waals surface area contributed by atoms with Crippen LogP contribution in [-0.2, 0) is 10.0 Å². The third-order valence-corrected chi connectivity index (χ3v) is 5.69. The molecule has 0 radical (unpaired) electrons. The summed E-state index contributed by atoms with van der Waals surface area (Å²) in [6.07, 6.45) is 0.455. The van der Waals surface area contributed by atoms with Crippen LogP contribution in [0.15, 0.2) is 54.1 Å². The normalized spacial score (nSPS) is 14.1. The Bertz CT molecular complexity index is 1000. The molecule has 1 unspecified atom stereocenters. The van der Waals surface area contributed by atoms with Crippen LogP contribution in [0.1, 0.15) is 11.6 Å². The minimum absolute atomic E-state index is 0.203. The van der Waals surface area contributed by atoms with Gasteiger partial charge < -0.3 is 4.40 Å². The lowest BCUT2D eigenvalue weighted by Gasteiger charge is -2.29. The number of halogens is 4. The number of hydrogen-bond donors (Lipinski definition) is 0. The van der Waals surface area contributed by atoms with E-state index in [0.717, 1.165) is 25.4 Å². The smallest absolute Gasteiger partial charge is 0.303 e. The molecule has 2 heterocycles. The van der Waals surface area contributed by atoms with Crippen molar-refractivity contribution in [2.24, 2.45) is 0 Å². The van der Waals surface area contributed by atoms with Gasteiger partial charge in [0.1, 0.15) is 6.04 Å². The van der Waals surface area contributed by atoms with Crippen molar-refractivity contribution in [3.63, 3.8) is 0 Å². The van der Waals surface area contributed by atoms with Crippen LogP contribution in [0.25, 0.3) is 5.65 Å². The predicted octanol–water partition coefficient (Wildman–Crippen LogP) is 3.31. The van der Waals surface area contributed by atoms with Crippen molar-refractivity contribution in [1.82, 2.24) is 18.7 Å². The predicted molar refractivity (Wildman–Crippen MR) is 88.2 cm³/mol. The van der Waals surface area contributed by atoms with Crippen LogP contribution in [0.4, 0.5) is 13.2 Å². The van der Waals surface area contributed by atoms with Crippen molar-refractivity contribution in [3.05, 3.63) is 59.6 Å². The van der Waals surface area contributed by atoms with E-state index in [2.05, 4.69) is 9.97 Å². The molecule has 0 bridgehead atoms. The van der Waals surface area contributed by atoms with Gasteiger partial charge in [-0.15, -0.1) is 0 Å². The summed E-state index contributed by atoms with van der Waals surface area (Å²) >= 11 is 5.71. The van der Waals surface area contributed by atoms with Gasteiger partial charge in [0.05, 0.1) is 6.20 Å². The van der Waals surface area contributed by atoms with Gasteiger partial charge in [-0.05, 0) is 17.7 Å². The van der Waals surface area contributed by atoms with E-state index < -0.39 is 27.3 Å². The molecule has 0 saturated heterocycles. The summed E-state index contributed by atoms with van der Waals surface area (Å²) in [5.74, 6) is 0. The van der Waals surface area contributed by atoms with Crippen LogP contribution in [-0.4, -0.2) is 40.3 Å². The van der Waals surface area contributed by atoms with Crippen LogP contribution >= 0.6 is 11.6 Å². The third-order valence-electron chi connectivity index (χ3n) is 3.74. The van der Waals surface area contributed by atoms with E-state index in [4.69, 9.17) is 11.6 Å². The van der Waals surface area contributed by atoms with E-state index >= 15 is 0 Å². The molecule has 26 heavy (non-hydrogen) atoms. The van der Waals surface area contributed by atoms with E-state index in [1.54, 1.807) is 0 Å². The molecule has 3 rings (SSSR count). The molecule has 0 fully saturated rings. The highest BCUT2D eigenvalue weighted by Crippen LogP contribution is 2.39. The van der Waals surface area contributed by atoms with E-state index in [9.17, 15) is 21.6 Å². The first-order valence-electron chi connectivity index (χ1n) is 7.19. The molecule has 0 N–H and O–H groups in total. The molecule has 6 nitrogen and oxygen atoms in total. The summed E-state index contributed by atoms with van der Waals surface area (Å²) in [4.78, 5) is 7.66. The minimum atomic E-state index is -4.84. The van der Waals surface area contributed by atoms with Crippen LogP contribution in [0.2, 0.25) is 5.02 Å². The van der Waals surface area contributed by atoms with Gasteiger partial charge in [0.2, 0.25) is 0 Å². The lowest BCUT2D eigenvalue weighted by molar-refractivity contribution is -0.171. The highest BCUT2D eigenvalue weighted by atomic mass is 35.5. The van der Waals surface area contributed by atoms with Crippen molar-refractivity contribution in [2.45, 2.75) is 17.2 Å². The van der Waals surface area contributed by atoms with Gasteiger partial charge in [-0.25, -0.2) is 13.4 Å². The van der Waals surface area contributed by atoms with Gasteiger partial charge in [0, 0.05) is 30.7 Å². The first-order chi connectivity index (χ1) is 12.1. The molecule has 0 aliphatic rings. The summed E-state index contributed by atoms with van der Waals surface area (Å²) < 4.78 is 68.0. The second-order valence-corrected chi connectivity index (χ2v) is 7.82. The van der Waals surface area contributed by atoms with Gasteiger partial charge in [-0.2, -0.15) is 17.5 Å². The summed E-state index contributed by atoms with van der Waals surface area (Å²) in [5, 5.41) is -0.260. The van der Waals surface area contributed by atoms with Crippen molar-refractivity contribution >= 4 is 27.3 Å². The Balaban J connectivity index is 2.07. The number of benzene rings is 1. The molecule has 0 aliphatic carbocycles. The topological polar surface area (TPSA) is 67.6 Å². The molecular weight excluding hydrogens is 393 g/mol. The molecule has 1 atom stereocenters. The monoisotopic (exact) mass is 404 g/mol. The number of imidazole rings is 1. The van der Waals surface area contributed by atoms with Gasteiger partial charge in [0.15, 0.2) is 10.7 Å². The Kier molecular flexibility index (Phi) is 4.67. The Morgan fingerprint density at radius 1 is 1.23 bits per heavy atom. The van der Waals surface area contributed by atoms with Crippen LogP contribution in [0, 0.1) is 0 Å². The van der Waals surface area contributed by atoms with Gasteiger partial charge in [-0.1, -0.05) is 23.7 Å². The number of fused-ring (bicyclic) bond motifs is 1. The number of rotatable bonds is 4. The highest BCUT2D eigenvalue weighted by molar-refractivity contribution is 7.89. The zero-order valence-electron chi connectivity index (χ0n) is 13.2. The number of hydrogen-bond acceptors (Lipinski definition) is 4. The molecule has 3 aromatic rings. The third kappa shape index (κ3) is 3.39. The highest BCUT2D eigenvalue weighted by Gasteiger charge is 2.48. The quantitative estimate of drug-likeness (QED) is 0.669. The first-order valence-corrected chi connectivity index (χ1v) is 9.01. The second kappa shape index (κ2) is 6.53. The molecule has 138 valence electrons. The fourth-order valence-corrected chi connectivity index (χ4v) is 3.88. The molecule has 0 amide bonds. The summed E-state index contributed by atoms with van der Waals surface area (Å²) in [5.41, 5.74) is -0.0482. The van der Waals surface area contributed by atoms with E-state index in [1.807, 2.05) is 0 Å². The Morgan fingerprint density at radius 2 is 1.88 bits per heavy atom. The van der Waals surface area contributed by atoms with E-state index in [0.29, 0.717) is 0 Å². The molecule has 2 aromatic heterocycles. The molecule has 0 aliphatic heterocycles. The number of sulfonamides is 1. The minimum Gasteiger partial charge on any atom is -0.303 e. The number of alkyl halides is 3. The van der Waals surface area contributed by atoms with Crippen LogP contribution < -0.4 is 0 Å². The maximum absolute atomic E-state index is 13.6. The van der Waals surface area contributed by atoms with Crippen molar-refractivity contribution in [1.29, 1.82) is 0 Å². The zero-order valence-corrected chi connectivity index (χ0v) is 14.8. The Hall–Kier alpha value is -2.17. The lowest BCUT2D eigenvalue weighted by Crippen LogP contribution is -2.39. The van der Waals surface area contributed by atoms with Gasteiger partial charge in [0.25, 0.3) is 10.0 Å². The molecular formula is C15H12ClF3N4O2S. The summed E-state index contributed by atoms with van der Waals surface area (Å²) in [6, 6.07) is 2.44. The summed E-state index contributed by atoms with van der Waals surface area (Å²) in [7, 11) is -3.66.